The highest BCUT2D eigenvalue weighted by molar-refractivity contribution is 5.47. The molecule has 0 bridgehead atoms. The molecule has 4 saturated heterocycles. The van der Waals surface area contributed by atoms with Gasteiger partial charge in [-0.1, -0.05) is 18.2 Å². The van der Waals surface area contributed by atoms with Crippen molar-refractivity contribution in [2.45, 2.75) is 69.7 Å². The summed E-state index contributed by atoms with van der Waals surface area (Å²) in [5.41, 5.74) is 0.708. The van der Waals surface area contributed by atoms with Crippen LogP contribution in [-0.4, -0.2) is 48.6 Å². The Labute approximate surface area is 147 Å². The Morgan fingerprint density at radius 1 is 0.960 bits per heavy atom. The van der Waals surface area contributed by atoms with Crippen LogP contribution in [0.25, 0.3) is 0 Å². The predicted molar refractivity (Wildman–Crippen MR) is 89.8 cm³/mol. The van der Waals surface area contributed by atoms with Gasteiger partial charge in [0.05, 0.1) is 23.9 Å². The van der Waals surface area contributed by atoms with E-state index in [0.29, 0.717) is 6.61 Å². The summed E-state index contributed by atoms with van der Waals surface area (Å²) in [6.07, 6.45) is -0.865. The van der Waals surface area contributed by atoms with Crippen LogP contribution in [0.2, 0.25) is 0 Å². The third kappa shape index (κ3) is 2.35. The second-order valence-electron chi connectivity index (χ2n) is 8.32. The molecule has 0 radical (unpaired) electrons. The van der Waals surface area contributed by atoms with Crippen molar-refractivity contribution in [1.82, 2.24) is 0 Å². The molecule has 5 rings (SSSR count). The molecule has 6 atom stereocenters. The smallest absolute Gasteiger partial charge is 0.190 e. The van der Waals surface area contributed by atoms with Crippen molar-refractivity contribution in [2.24, 2.45) is 5.92 Å². The lowest BCUT2D eigenvalue weighted by Crippen LogP contribution is -2.56. The monoisotopic (exact) mass is 347 g/mol. The summed E-state index contributed by atoms with van der Waals surface area (Å²) in [6.45, 7) is 8.67. The maximum Gasteiger partial charge on any atom is 0.190 e. The SMILES string of the molecule is CC1(C)O[C@H]2O[C@H]3[C@H](OC[C@H]4[C@@H]3N(c3ccccc3)OC4(C)C)[C@H]2O1. The van der Waals surface area contributed by atoms with Gasteiger partial charge in [0.15, 0.2) is 12.1 Å². The Bertz CT molecular complexity index is 663. The molecule has 1 aromatic carbocycles. The number of rotatable bonds is 1. The highest BCUT2D eigenvalue weighted by atomic mass is 16.8. The zero-order valence-corrected chi connectivity index (χ0v) is 15.0. The molecule has 0 N–H and O–H groups in total. The van der Waals surface area contributed by atoms with E-state index in [4.69, 9.17) is 23.8 Å². The number of fused-ring (bicyclic) bond motifs is 5. The van der Waals surface area contributed by atoms with Crippen molar-refractivity contribution >= 4 is 5.69 Å². The standard InChI is InChI=1S/C19H25NO5/c1-18(2)12-10-21-15-14(22-17-16(15)23-19(3,4)24-17)13(12)20(25-18)11-8-6-5-7-9-11/h5-9,12-17H,10H2,1-4H3/t12-,13-,14+,15-,16+,17+/m0/s1. The molecule has 25 heavy (non-hydrogen) atoms. The maximum atomic E-state index is 6.34. The van der Waals surface area contributed by atoms with Crippen LogP contribution in [-0.2, 0) is 23.8 Å². The van der Waals surface area contributed by atoms with Gasteiger partial charge in [-0.3, -0.25) is 4.84 Å². The van der Waals surface area contributed by atoms with E-state index in [9.17, 15) is 0 Å². The highest BCUT2D eigenvalue weighted by Crippen LogP contribution is 2.50. The first-order chi connectivity index (χ1) is 11.9. The number of hydrogen-bond acceptors (Lipinski definition) is 6. The first kappa shape index (κ1) is 16.0. The molecular weight excluding hydrogens is 322 g/mol. The minimum Gasteiger partial charge on any atom is -0.372 e. The summed E-state index contributed by atoms with van der Waals surface area (Å²) in [7, 11) is 0. The molecule has 4 aliphatic heterocycles. The number of para-hydroxylation sites is 1. The van der Waals surface area contributed by atoms with Crippen LogP contribution in [0.5, 0.6) is 0 Å². The molecule has 0 saturated carbocycles. The van der Waals surface area contributed by atoms with Gasteiger partial charge < -0.3 is 18.9 Å². The molecule has 0 aliphatic carbocycles. The zero-order chi connectivity index (χ0) is 17.4. The Balaban J connectivity index is 1.49. The summed E-state index contributed by atoms with van der Waals surface area (Å²) in [6, 6.07) is 10.2. The van der Waals surface area contributed by atoms with E-state index < -0.39 is 5.79 Å². The van der Waals surface area contributed by atoms with E-state index in [1.54, 1.807) is 0 Å². The molecule has 136 valence electrons. The molecule has 1 aromatic rings. The second-order valence-corrected chi connectivity index (χ2v) is 8.32. The third-order valence-corrected chi connectivity index (χ3v) is 5.75. The van der Waals surface area contributed by atoms with Gasteiger partial charge in [-0.15, -0.1) is 0 Å². The van der Waals surface area contributed by atoms with Crippen molar-refractivity contribution in [3.8, 4) is 0 Å². The third-order valence-electron chi connectivity index (χ3n) is 5.75. The van der Waals surface area contributed by atoms with Crippen molar-refractivity contribution in [1.29, 1.82) is 0 Å². The molecule has 0 amide bonds. The Morgan fingerprint density at radius 3 is 2.48 bits per heavy atom. The molecule has 0 unspecified atom stereocenters. The van der Waals surface area contributed by atoms with Crippen LogP contribution in [0.4, 0.5) is 5.69 Å². The van der Waals surface area contributed by atoms with Crippen molar-refractivity contribution in [2.75, 3.05) is 11.7 Å². The topological polar surface area (TPSA) is 49.4 Å². The highest BCUT2D eigenvalue weighted by Gasteiger charge is 2.65. The normalized spacial score (nSPS) is 43.6. The fraction of sp³-hybridized carbons (Fsp3) is 0.684. The van der Waals surface area contributed by atoms with E-state index >= 15 is 0 Å². The first-order valence-electron chi connectivity index (χ1n) is 9.02. The van der Waals surface area contributed by atoms with Crippen LogP contribution in [0.3, 0.4) is 0 Å². The van der Waals surface area contributed by atoms with Crippen molar-refractivity contribution in [3.63, 3.8) is 0 Å². The summed E-state index contributed by atoms with van der Waals surface area (Å²) >= 11 is 0. The number of ether oxygens (including phenoxy) is 4. The van der Waals surface area contributed by atoms with E-state index in [1.807, 2.05) is 37.1 Å². The van der Waals surface area contributed by atoms with E-state index in [2.05, 4.69) is 26.0 Å². The van der Waals surface area contributed by atoms with Gasteiger partial charge in [0.1, 0.15) is 18.3 Å². The summed E-state index contributed by atoms with van der Waals surface area (Å²) in [5.74, 6) is -0.425. The van der Waals surface area contributed by atoms with Crippen LogP contribution in [0.1, 0.15) is 27.7 Å². The largest absolute Gasteiger partial charge is 0.372 e. The molecular formula is C19H25NO5. The average molecular weight is 347 g/mol. The van der Waals surface area contributed by atoms with Gasteiger partial charge in [-0.25, -0.2) is 5.06 Å². The maximum absolute atomic E-state index is 6.34. The molecule has 6 heteroatoms. The van der Waals surface area contributed by atoms with Crippen LogP contribution < -0.4 is 5.06 Å². The molecule has 0 spiro atoms. The Morgan fingerprint density at radius 2 is 1.72 bits per heavy atom. The lowest BCUT2D eigenvalue weighted by atomic mass is 9.80. The van der Waals surface area contributed by atoms with Crippen molar-refractivity contribution < 1.29 is 23.8 Å². The molecule has 4 heterocycles. The molecule has 4 aliphatic rings. The number of hydrogen-bond donors (Lipinski definition) is 0. The first-order valence-corrected chi connectivity index (χ1v) is 9.02. The lowest BCUT2D eigenvalue weighted by Gasteiger charge is -2.40. The molecule has 0 aromatic heterocycles. The summed E-state index contributed by atoms with van der Waals surface area (Å²) in [4.78, 5) is 6.34. The average Bonchev–Trinajstić information content (AvgIpc) is 3.13. The number of anilines is 1. The minimum absolute atomic E-state index is 0.0667. The van der Waals surface area contributed by atoms with Gasteiger partial charge in [-0.2, -0.15) is 0 Å². The van der Waals surface area contributed by atoms with E-state index in [-0.39, 0.29) is 42.2 Å². The van der Waals surface area contributed by atoms with Crippen LogP contribution in [0, 0.1) is 5.92 Å². The molecule has 6 nitrogen and oxygen atoms in total. The zero-order valence-electron chi connectivity index (χ0n) is 15.0. The Hall–Kier alpha value is -1.18. The van der Waals surface area contributed by atoms with Gasteiger partial charge >= 0.3 is 0 Å². The summed E-state index contributed by atoms with van der Waals surface area (Å²) < 4.78 is 24.5. The van der Waals surface area contributed by atoms with Gasteiger partial charge in [0.25, 0.3) is 0 Å². The molecule has 4 fully saturated rings. The predicted octanol–water partition coefficient (Wildman–Crippen LogP) is 2.48. The van der Waals surface area contributed by atoms with Crippen LogP contribution >= 0.6 is 0 Å². The number of benzene rings is 1. The quantitative estimate of drug-likeness (QED) is 0.778. The number of nitrogens with zero attached hydrogens (tertiary/aromatic N) is 1. The fourth-order valence-corrected chi connectivity index (χ4v) is 4.60. The van der Waals surface area contributed by atoms with Gasteiger partial charge in [0.2, 0.25) is 0 Å². The van der Waals surface area contributed by atoms with Crippen molar-refractivity contribution in [3.05, 3.63) is 30.3 Å². The lowest BCUT2D eigenvalue weighted by molar-refractivity contribution is -0.231. The fourth-order valence-electron chi connectivity index (χ4n) is 4.60. The minimum atomic E-state index is -0.634. The van der Waals surface area contributed by atoms with Crippen LogP contribution in [0.15, 0.2) is 30.3 Å². The van der Waals surface area contributed by atoms with Gasteiger partial charge in [-0.05, 0) is 39.8 Å². The van der Waals surface area contributed by atoms with Gasteiger partial charge in [0, 0.05) is 5.92 Å². The van der Waals surface area contributed by atoms with E-state index in [0.717, 1.165) is 5.69 Å². The summed E-state index contributed by atoms with van der Waals surface area (Å²) in [5, 5.41) is 2.01. The second kappa shape index (κ2) is 5.18. The Kier molecular flexibility index (Phi) is 3.32. The number of hydroxylamine groups is 1. The van der Waals surface area contributed by atoms with E-state index in [1.165, 1.54) is 0 Å².